The fourth-order valence-corrected chi connectivity index (χ4v) is 0.818. The monoisotopic (exact) mass is 180 g/mol. The maximum atomic E-state index is 5.37. The first kappa shape index (κ1) is 12.4. The molecule has 0 rings (SSSR count). The zero-order chi connectivity index (χ0) is 9.94. The molecule has 0 spiro atoms. The first-order valence-corrected chi connectivity index (χ1v) is 4.18. The van der Waals surface area contributed by atoms with Crippen LogP contribution in [0, 0.1) is 26.7 Å². The van der Waals surface area contributed by atoms with Gasteiger partial charge in [-0.15, -0.1) is 0 Å². The van der Waals surface area contributed by atoms with Crippen molar-refractivity contribution in [3.63, 3.8) is 0 Å². The molecule has 0 aromatic rings. The second-order valence-electron chi connectivity index (χ2n) is 2.47. The van der Waals surface area contributed by atoms with E-state index in [9.17, 15) is 0 Å². The van der Waals surface area contributed by atoms with E-state index in [1.165, 1.54) is 6.40 Å². The molecule has 0 fully saturated rings. The van der Waals surface area contributed by atoms with Gasteiger partial charge in [0.15, 0.2) is 6.40 Å². The van der Waals surface area contributed by atoms with Crippen LogP contribution in [0.1, 0.15) is 6.42 Å². The Morgan fingerprint density at radius 2 is 2.31 bits per heavy atom. The smallest absolute Gasteiger partial charge is 0.169 e. The zero-order valence-corrected chi connectivity index (χ0v) is 7.94. The molecule has 0 saturated heterocycles. The Kier molecular flexibility index (Phi) is 9.10. The molecule has 72 valence electrons. The lowest BCUT2D eigenvalue weighted by Crippen LogP contribution is -2.31. The Morgan fingerprint density at radius 3 is 2.85 bits per heavy atom. The molecular formula is C10H16N2O. The summed E-state index contributed by atoms with van der Waals surface area (Å²) in [5.74, 6) is 0. The molecule has 1 N–H and O–H groups in total. The Labute approximate surface area is 81.6 Å². The number of hydrogen-bond acceptors (Lipinski definition) is 3. The fraction of sp³-hybridized carbons (Fsp3) is 0.500. The van der Waals surface area contributed by atoms with E-state index < -0.39 is 0 Å². The topological polar surface area (TPSA) is 33.6 Å². The van der Waals surface area contributed by atoms with Gasteiger partial charge in [0.2, 0.25) is 0 Å². The molecular weight excluding hydrogens is 164 g/mol. The summed E-state index contributed by atoms with van der Waals surface area (Å²) in [5.41, 5.74) is 0. The van der Waals surface area contributed by atoms with Crippen molar-refractivity contribution in [2.75, 3.05) is 20.2 Å². The van der Waals surface area contributed by atoms with E-state index in [-0.39, 0.29) is 6.04 Å². The van der Waals surface area contributed by atoms with Crippen LogP contribution in [0.3, 0.4) is 0 Å². The van der Waals surface area contributed by atoms with Crippen molar-refractivity contribution in [3.8, 4) is 0 Å². The van der Waals surface area contributed by atoms with Crippen LogP contribution in [0.15, 0.2) is 4.99 Å². The molecule has 0 aliphatic rings. The maximum absolute atomic E-state index is 5.37. The van der Waals surface area contributed by atoms with Gasteiger partial charge in [-0.2, -0.15) is 0 Å². The molecule has 0 heterocycles. The Bertz CT molecular complexity index is 126. The summed E-state index contributed by atoms with van der Waals surface area (Å²) in [6.07, 6.45) is 5.31. The summed E-state index contributed by atoms with van der Waals surface area (Å²) < 4.78 is 4.64. The molecule has 0 bridgehead atoms. The third-order valence-electron chi connectivity index (χ3n) is 1.45. The van der Waals surface area contributed by atoms with Crippen molar-refractivity contribution in [3.05, 3.63) is 26.7 Å². The normalized spacial score (nSPS) is 13.5. The maximum Gasteiger partial charge on any atom is 0.169 e. The SMILES string of the molecule is [CH][CH]CC([CH][CH])NCCN=COC. The minimum Gasteiger partial charge on any atom is -0.487 e. The van der Waals surface area contributed by atoms with Crippen LogP contribution in [0.4, 0.5) is 0 Å². The van der Waals surface area contributed by atoms with Crippen molar-refractivity contribution in [2.45, 2.75) is 12.5 Å². The van der Waals surface area contributed by atoms with Crippen LogP contribution >= 0.6 is 0 Å². The van der Waals surface area contributed by atoms with Gasteiger partial charge in [-0.05, 0) is 33.1 Å². The molecule has 0 aliphatic heterocycles. The summed E-state index contributed by atoms with van der Waals surface area (Å²) >= 11 is 0. The number of rotatable bonds is 8. The molecule has 0 saturated carbocycles. The highest BCUT2D eigenvalue weighted by atomic mass is 16.5. The van der Waals surface area contributed by atoms with Crippen LogP contribution in [0.5, 0.6) is 0 Å². The quantitative estimate of drug-likeness (QED) is 0.341. The van der Waals surface area contributed by atoms with Gasteiger partial charge < -0.3 is 10.1 Å². The molecule has 13 heavy (non-hydrogen) atoms. The zero-order valence-electron chi connectivity index (χ0n) is 7.94. The molecule has 0 aliphatic carbocycles. The summed E-state index contributed by atoms with van der Waals surface area (Å²) in [7, 11) is 1.57. The fourth-order valence-electron chi connectivity index (χ4n) is 0.818. The standard InChI is InChI=1S/C10H16N2O/c1-4-6-10(5-2)12-8-7-11-9-13-3/h1-2,4-5,9-10,12H,6-8H2,3H3. The Balaban J connectivity index is 3.32. The number of methoxy groups -OCH3 is 1. The van der Waals surface area contributed by atoms with Crippen LogP contribution in [0.2, 0.25) is 0 Å². The largest absolute Gasteiger partial charge is 0.487 e. The van der Waals surface area contributed by atoms with Gasteiger partial charge in [-0.1, -0.05) is 0 Å². The van der Waals surface area contributed by atoms with Crippen LogP contribution in [-0.2, 0) is 4.74 Å². The lowest BCUT2D eigenvalue weighted by molar-refractivity contribution is 0.420. The third-order valence-corrected chi connectivity index (χ3v) is 1.45. The number of aliphatic imine (C=N–C) groups is 1. The van der Waals surface area contributed by atoms with E-state index in [0.29, 0.717) is 6.54 Å². The number of nitrogens with zero attached hydrogens (tertiary/aromatic N) is 1. The molecule has 1 atom stereocenters. The van der Waals surface area contributed by atoms with E-state index >= 15 is 0 Å². The van der Waals surface area contributed by atoms with Crippen molar-refractivity contribution in [1.29, 1.82) is 0 Å². The lowest BCUT2D eigenvalue weighted by Gasteiger charge is -2.13. The van der Waals surface area contributed by atoms with Gasteiger partial charge in [0.05, 0.1) is 13.7 Å². The van der Waals surface area contributed by atoms with E-state index in [0.717, 1.165) is 13.0 Å². The van der Waals surface area contributed by atoms with Gasteiger partial charge in [-0.3, -0.25) is 4.99 Å². The molecule has 3 nitrogen and oxygen atoms in total. The van der Waals surface area contributed by atoms with Gasteiger partial charge in [0.1, 0.15) is 0 Å². The van der Waals surface area contributed by atoms with Gasteiger partial charge in [0.25, 0.3) is 0 Å². The van der Waals surface area contributed by atoms with E-state index in [4.69, 9.17) is 13.8 Å². The molecule has 0 aromatic heterocycles. The predicted molar refractivity (Wildman–Crippen MR) is 54.0 cm³/mol. The molecule has 0 aromatic carbocycles. The number of hydrogen-bond donors (Lipinski definition) is 1. The van der Waals surface area contributed by atoms with Crippen molar-refractivity contribution in [2.24, 2.45) is 4.99 Å². The minimum absolute atomic E-state index is 0.128. The Morgan fingerprint density at radius 1 is 1.54 bits per heavy atom. The van der Waals surface area contributed by atoms with Crippen LogP contribution in [-0.4, -0.2) is 32.6 Å². The van der Waals surface area contributed by atoms with Crippen molar-refractivity contribution in [1.82, 2.24) is 5.32 Å². The van der Waals surface area contributed by atoms with Crippen LogP contribution < -0.4 is 5.32 Å². The number of ether oxygens (including phenoxy) is 1. The molecule has 1 unspecified atom stereocenters. The first-order chi connectivity index (χ1) is 6.35. The van der Waals surface area contributed by atoms with Crippen molar-refractivity contribution >= 4 is 6.40 Å². The summed E-state index contributed by atoms with van der Waals surface area (Å²) in [4.78, 5) is 3.95. The van der Waals surface area contributed by atoms with E-state index in [1.807, 2.05) is 0 Å². The third kappa shape index (κ3) is 7.78. The predicted octanol–water partition coefficient (Wildman–Crippen LogP) is 0.840. The van der Waals surface area contributed by atoms with E-state index in [2.05, 4.69) is 15.0 Å². The molecule has 6 radical (unpaired) electrons. The van der Waals surface area contributed by atoms with E-state index in [1.54, 1.807) is 20.0 Å². The average Bonchev–Trinajstić information content (AvgIpc) is 2.16. The summed E-state index contributed by atoms with van der Waals surface area (Å²) in [6.45, 7) is 12.1. The molecule has 3 heteroatoms. The lowest BCUT2D eigenvalue weighted by atomic mass is 10.1. The summed E-state index contributed by atoms with van der Waals surface area (Å²) in [6, 6.07) is 0.128. The van der Waals surface area contributed by atoms with Crippen LogP contribution in [0.25, 0.3) is 0 Å². The minimum atomic E-state index is 0.128. The average molecular weight is 180 g/mol. The van der Waals surface area contributed by atoms with Crippen molar-refractivity contribution < 1.29 is 4.74 Å². The number of nitrogens with one attached hydrogen (secondary N) is 1. The van der Waals surface area contributed by atoms with Gasteiger partial charge in [-0.25, -0.2) is 0 Å². The summed E-state index contributed by atoms with van der Waals surface area (Å²) in [5, 5.41) is 3.17. The first-order valence-electron chi connectivity index (χ1n) is 4.18. The van der Waals surface area contributed by atoms with Gasteiger partial charge >= 0.3 is 0 Å². The van der Waals surface area contributed by atoms with Gasteiger partial charge in [0, 0.05) is 12.6 Å². The second-order valence-corrected chi connectivity index (χ2v) is 2.47. The highest BCUT2D eigenvalue weighted by molar-refractivity contribution is 5.45. The highest BCUT2D eigenvalue weighted by Gasteiger charge is 2.02. The molecule has 0 amide bonds. The second kappa shape index (κ2) is 9.52. The Hall–Kier alpha value is -0.570. The highest BCUT2D eigenvalue weighted by Crippen LogP contribution is 1.97.